The molecule has 0 amide bonds. The molecule has 16 heavy (non-hydrogen) atoms. The van der Waals surface area contributed by atoms with Crippen LogP contribution in [-0.4, -0.2) is 31.8 Å². The molecule has 6 nitrogen and oxygen atoms in total. The smallest absolute Gasteiger partial charge is 0.276 e. The lowest BCUT2D eigenvalue weighted by Gasteiger charge is -2.02. The van der Waals surface area contributed by atoms with E-state index in [0.29, 0.717) is 10.8 Å². The third-order valence-corrected chi connectivity index (χ3v) is 2.41. The predicted molar refractivity (Wildman–Crippen MR) is 56.5 cm³/mol. The van der Waals surface area contributed by atoms with Crippen molar-refractivity contribution in [3.05, 3.63) is 12.1 Å². The standard InChI is InChI=1S/C9H8N2O4S/c1-16-9-11-10-8(15-9)4-2-5(12)7(14)6(13)3-4/h2-3,12-14H,1H3. The number of aromatic hydroxyl groups is 3. The zero-order valence-electron chi connectivity index (χ0n) is 8.21. The zero-order valence-corrected chi connectivity index (χ0v) is 9.02. The molecule has 0 fully saturated rings. The highest BCUT2D eigenvalue weighted by molar-refractivity contribution is 7.98. The predicted octanol–water partition coefficient (Wildman–Crippen LogP) is 1.58. The van der Waals surface area contributed by atoms with Crippen molar-refractivity contribution < 1.29 is 19.7 Å². The van der Waals surface area contributed by atoms with Gasteiger partial charge < -0.3 is 19.7 Å². The van der Waals surface area contributed by atoms with E-state index in [0.717, 1.165) is 0 Å². The summed E-state index contributed by atoms with van der Waals surface area (Å²) in [6, 6.07) is 2.46. The minimum Gasteiger partial charge on any atom is -0.504 e. The van der Waals surface area contributed by atoms with Gasteiger partial charge in [-0.1, -0.05) is 11.8 Å². The Bertz CT molecular complexity index is 503. The second-order valence-electron chi connectivity index (χ2n) is 2.94. The minimum atomic E-state index is -0.576. The fourth-order valence-corrected chi connectivity index (χ4v) is 1.42. The molecule has 2 rings (SSSR count). The molecule has 0 aliphatic heterocycles. The molecule has 0 unspecified atom stereocenters. The number of rotatable bonds is 2. The summed E-state index contributed by atoms with van der Waals surface area (Å²) in [7, 11) is 0. The number of phenolic OH excluding ortho intramolecular Hbond substituents is 3. The van der Waals surface area contributed by atoms with Crippen LogP contribution in [0.3, 0.4) is 0 Å². The number of thioether (sulfide) groups is 1. The third kappa shape index (κ3) is 1.76. The second kappa shape index (κ2) is 3.93. The first kappa shape index (κ1) is 10.6. The molecule has 84 valence electrons. The van der Waals surface area contributed by atoms with Crippen LogP contribution in [0.1, 0.15) is 0 Å². The quantitative estimate of drug-likeness (QED) is 0.541. The molecule has 1 aromatic heterocycles. The maximum absolute atomic E-state index is 9.30. The summed E-state index contributed by atoms with van der Waals surface area (Å²) in [6.07, 6.45) is 1.78. The van der Waals surface area contributed by atoms with Crippen molar-refractivity contribution in [1.29, 1.82) is 0 Å². The Morgan fingerprint density at radius 1 is 1.12 bits per heavy atom. The molecule has 0 bridgehead atoms. The van der Waals surface area contributed by atoms with Gasteiger partial charge in [-0.3, -0.25) is 0 Å². The number of phenols is 3. The molecule has 0 saturated carbocycles. The van der Waals surface area contributed by atoms with E-state index in [9.17, 15) is 10.2 Å². The maximum Gasteiger partial charge on any atom is 0.276 e. The van der Waals surface area contributed by atoms with E-state index in [4.69, 9.17) is 9.52 Å². The molecule has 0 aliphatic rings. The van der Waals surface area contributed by atoms with Gasteiger partial charge in [0.15, 0.2) is 17.2 Å². The van der Waals surface area contributed by atoms with Crippen LogP contribution in [0, 0.1) is 0 Å². The lowest BCUT2D eigenvalue weighted by Crippen LogP contribution is -1.79. The highest BCUT2D eigenvalue weighted by Crippen LogP contribution is 2.38. The molecule has 0 spiro atoms. The normalized spacial score (nSPS) is 10.6. The van der Waals surface area contributed by atoms with Crippen molar-refractivity contribution in [1.82, 2.24) is 10.2 Å². The van der Waals surface area contributed by atoms with Crippen molar-refractivity contribution in [3.63, 3.8) is 0 Å². The van der Waals surface area contributed by atoms with E-state index in [1.54, 1.807) is 6.26 Å². The first-order valence-electron chi connectivity index (χ1n) is 4.24. The number of aromatic nitrogens is 2. The summed E-state index contributed by atoms with van der Waals surface area (Å²) in [5, 5.41) is 35.6. The molecule has 2 aromatic rings. The summed E-state index contributed by atoms with van der Waals surface area (Å²) in [6.45, 7) is 0. The van der Waals surface area contributed by atoms with Gasteiger partial charge in [0.25, 0.3) is 5.22 Å². The molecule has 0 atom stereocenters. The van der Waals surface area contributed by atoms with Crippen molar-refractivity contribution in [2.45, 2.75) is 5.22 Å². The van der Waals surface area contributed by atoms with Crippen molar-refractivity contribution in [3.8, 4) is 28.7 Å². The van der Waals surface area contributed by atoms with Crippen molar-refractivity contribution >= 4 is 11.8 Å². The van der Waals surface area contributed by atoms with E-state index < -0.39 is 17.2 Å². The topological polar surface area (TPSA) is 99.6 Å². The molecular formula is C9H8N2O4S. The zero-order chi connectivity index (χ0) is 11.7. The monoisotopic (exact) mass is 240 g/mol. The Kier molecular flexibility index (Phi) is 2.61. The lowest BCUT2D eigenvalue weighted by atomic mass is 10.2. The van der Waals surface area contributed by atoms with Crippen molar-refractivity contribution in [2.24, 2.45) is 0 Å². The van der Waals surface area contributed by atoms with Gasteiger partial charge in [0.2, 0.25) is 5.89 Å². The molecule has 0 aliphatic carbocycles. The summed E-state index contributed by atoms with van der Waals surface area (Å²) >= 11 is 1.28. The van der Waals surface area contributed by atoms with Gasteiger partial charge in [-0.05, 0) is 18.4 Å². The maximum atomic E-state index is 9.30. The average Bonchev–Trinajstić information content (AvgIpc) is 2.73. The molecule has 7 heteroatoms. The van der Waals surface area contributed by atoms with Crippen molar-refractivity contribution in [2.75, 3.05) is 6.26 Å². The Labute approximate surface area is 94.6 Å². The summed E-state index contributed by atoms with van der Waals surface area (Å²) in [5.74, 6) is -1.30. The van der Waals surface area contributed by atoms with Crippen LogP contribution in [0.5, 0.6) is 17.2 Å². The Morgan fingerprint density at radius 3 is 2.25 bits per heavy atom. The minimum absolute atomic E-state index is 0.162. The van der Waals surface area contributed by atoms with Gasteiger partial charge in [-0.15, -0.1) is 10.2 Å². The Hall–Kier alpha value is -1.89. The van der Waals surface area contributed by atoms with Crippen LogP contribution in [0.15, 0.2) is 21.8 Å². The van der Waals surface area contributed by atoms with Crippen LogP contribution in [0.2, 0.25) is 0 Å². The van der Waals surface area contributed by atoms with Gasteiger partial charge in [0.05, 0.1) is 0 Å². The number of hydrogen-bond donors (Lipinski definition) is 3. The number of benzene rings is 1. The SMILES string of the molecule is CSc1nnc(-c2cc(O)c(O)c(O)c2)o1. The van der Waals surface area contributed by atoms with Gasteiger partial charge in [-0.2, -0.15) is 0 Å². The number of nitrogens with zero attached hydrogens (tertiary/aromatic N) is 2. The van der Waals surface area contributed by atoms with E-state index in [2.05, 4.69) is 10.2 Å². The largest absolute Gasteiger partial charge is 0.504 e. The molecule has 1 heterocycles. The molecule has 1 aromatic carbocycles. The lowest BCUT2D eigenvalue weighted by molar-refractivity contribution is 0.367. The fraction of sp³-hybridized carbons (Fsp3) is 0.111. The van der Waals surface area contributed by atoms with Crippen LogP contribution < -0.4 is 0 Å². The van der Waals surface area contributed by atoms with E-state index >= 15 is 0 Å². The summed E-state index contributed by atoms with van der Waals surface area (Å²) in [4.78, 5) is 0. The fourth-order valence-electron chi connectivity index (χ4n) is 1.14. The second-order valence-corrected chi connectivity index (χ2v) is 3.70. The Morgan fingerprint density at radius 2 is 1.75 bits per heavy atom. The van der Waals surface area contributed by atoms with Crippen LogP contribution in [-0.2, 0) is 0 Å². The first-order valence-corrected chi connectivity index (χ1v) is 5.47. The highest BCUT2D eigenvalue weighted by atomic mass is 32.2. The molecule has 3 N–H and O–H groups in total. The highest BCUT2D eigenvalue weighted by Gasteiger charge is 2.13. The molecule has 0 saturated heterocycles. The van der Waals surface area contributed by atoms with Crippen LogP contribution in [0.4, 0.5) is 0 Å². The van der Waals surface area contributed by atoms with Crippen LogP contribution >= 0.6 is 11.8 Å². The van der Waals surface area contributed by atoms with Crippen LogP contribution in [0.25, 0.3) is 11.5 Å². The third-order valence-electron chi connectivity index (χ3n) is 1.90. The van der Waals surface area contributed by atoms with E-state index in [-0.39, 0.29) is 5.89 Å². The van der Waals surface area contributed by atoms with Gasteiger partial charge in [-0.25, -0.2) is 0 Å². The number of hydrogen-bond acceptors (Lipinski definition) is 7. The summed E-state index contributed by atoms with van der Waals surface area (Å²) in [5.41, 5.74) is 0.334. The van der Waals surface area contributed by atoms with Gasteiger partial charge >= 0.3 is 0 Å². The molecule has 0 radical (unpaired) electrons. The van der Waals surface area contributed by atoms with E-state index in [1.165, 1.54) is 23.9 Å². The van der Waals surface area contributed by atoms with Gasteiger partial charge in [0, 0.05) is 5.56 Å². The van der Waals surface area contributed by atoms with E-state index in [1.807, 2.05) is 0 Å². The van der Waals surface area contributed by atoms with Gasteiger partial charge in [0.1, 0.15) is 0 Å². The summed E-state index contributed by atoms with van der Waals surface area (Å²) < 4.78 is 5.21. The average molecular weight is 240 g/mol. The molecular weight excluding hydrogens is 232 g/mol. The Balaban J connectivity index is 2.48. The first-order chi connectivity index (χ1) is 7.61.